The van der Waals surface area contributed by atoms with Gasteiger partial charge >= 0.3 is 0 Å². The highest BCUT2D eigenvalue weighted by molar-refractivity contribution is 6.19. The van der Waals surface area contributed by atoms with Gasteiger partial charge in [0, 0.05) is 49.6 Å². The van der Waals surface area contributed by atoms with Crippen molar-refractivity contribution in [3.05, 3.63) is 206 Å². The minimum absolute atomic E-state index is 0.702. The van der Waals surface area contributed by atoms with E-state index >= 15 is 0 Å². The first-order valence-electron chi connectivity index (χ1n) is 19.7. The molecular formula is C54H34N4. The lowest BCUT2D eigenvalue weighted by Crippen LogP contribution is -1.97. The molecule has 0 fully saturated rings. The summed E-state index contributed by atoms with van der Waals surface area (Å²) >= 11 is 0. The summed E-state index contributed by atoms with van der Waals surface area (Å²) in [5.41, 5.74) is 11.9. The van der Waals surface area contributed by atoms with Crippen molar-refractivity contribution in [3.8, 4) is 45.3 Å². The Kier molecular flexibility index (Phi) is 7.20. The predicted molar refractivity (Wildman–Crippen MR) is 242 cm³/mol. The Balaban J connectivity index is 1.07. The highest BCUT2D eigenvalue weighted by Crippen LogP contribution is 2.40. The maximum atomic E-state index is 5.14. The molecule has 12 rings (SSSR count). The van der Waals surface area contributed by atoms with Crippen molar-refractivity contribution in [1.29, 1.82) is 0 Å². The summed E-state index contributed by atoms with van der Waals surface area (Å²) in [5.74, 6) is 0.702. The molecule has 0 N–H and O–H groups in total. The van der Waals surface area contributed by atoms with Crippen LogP contribution in [0.4, 0.5) is 0 Å². The molecular weight excluding hydrogens is 705 g/mol. The maximum Gasteiger partial charge on any atom is 0.160 e. The minimum Gasteiger partial charge on any atom is -0.309 e. The first-order chi connectivity index (χ1) is 28.7. The van der Waals surface area contributed by atoms with Crippen LogP contribution >= 0.6 is 0 Å². The second kappa shape index (κ2) is 12.9. The van der Waals surface area contributed by atoms with E-state index < -0.39 is 0 Å². The first kappa shape index (κ1) is 32.4. The molecule has 0 atom stereocenters. The second-order valence-electron chi connectivity index (χ2n) is 15.1. The van der Waals surface area contributed by atoms with Gasteiger partial charge in [-0.1, -0.05) is 146 Å². The van der Waals surface area contributed by atoms with Crippen LogP contribution in [0, 0.1) is 0 Å². The lowest BCUT2D eigenvalue weighted by molar-refractivity contribution is 1.17. The second-order valence-corrected chi connectivity index (χ2v) is 15.1. The van der Waals surface area contributed by atoms with Crippen molar-refractivity contribution in [1.82, 2.24) is 19.1 Å². The molecule has 0 amide bonds. The Morgan fingerprint density at radius 2 is 0.759 bits per heavy atom. The topological polar surface area (TPSA) is 35.6 Å². The van der Waals surface area contributed by atoms with Crippen molar-refractivity contribution in [2.45, 2.75) is 0 Å². The lowest BCUT2D eigenvalue weighted by atomic mass is 10.0. The van der Waals surface area contributed by atoms with E-state index in [1.807, 2.05) is 12.1 Å². The van der Waals surface area contributed by atoms with Crippen LogP contribution in [0.1, 0.15) is 0 Å². The molecule has 0 spiro atoms. The largest absolute Gasteiger partial charge is 0.309 e. The Labute approximate surface area is 334 Å². The highest BCUT2D eigenvalue weighted by atomic mass is 15.0. The number of hydrogen-bond acceptors (Lipinski definition) is 2. The summed E-state index contributed by atoms with van der Waals surface area (Å²) in [4.78, 5) is 10.3. The van der Waals surface area contributed by atoms with E-state index in [1.54, 1.807) is 0 Å². The number of benzene rings is 9. The molecule has 0 aliphatic rings. The summed E-state index contributed by atoms with van der Waals surface area (Å²) in [7, 11) is 0. The van der Waals surface area contributed by atoms with Crippen molar-refractivity contribution in [2.75, 3.05) is 0 Å². The molecule has 0 radical (unpaired) electrons. The molecule has 4 heteroatoms. The summed E-state index contributed by atoms with van der Waals surface area (Å²) in [5, 5.41) is 9.71. The van der Waals surface area contributed by atoms with E-state index in [1.165, 1.54) is 54.4 Å². The zero-order chi connectivity index (χ0) is 38.2. The number of fused-ring (bicyclic) bond motifs is 8. The van der Waals surface area contributed by atoms with Gasteiger partial charge in [-0.05, 0) is 82.2 Å². The lowest BCUT2D eigenvalue weighted by Gasteiger charge is -2.12. The zero-order valence-electron chi connectivity index (χ0n) is 31.4. The average Bonchev–Trinajstić information content (AvgIpc) is 3.80. The molecule has 3 heterocycles. The van der Waals surface area contributed by atoms with Crippen LogP contribution < -0.4 is 0 Å². The summed E-state index contributed by atoms with van der Waals surface area (Å²) in [6.45, 7) is 0. The van der Waals surface area contributed by atoms with E-state index in [0.717, 1.165) is 50.2 Å². The van der Waals surface area contributed by atoms with Crippen LogP contribution in [0.5, 0.6) is 0 Å². The van der Waals surface area contributed by atoms with Gasteiger partial charge in [-0.2, -0.15) is 0 Å². The molecule has 0 aliphatic heterocycles. The number of nitrogens with zero attached hydrogens (tertiary/aromatic N) is 4. The molecule has 12 aromatic rings. The quantitative estimate of drug-likeness (QED) is 0.176. The molecule has 4 nitrogen and oxygen atoms in total. The summed E-state index contributed by atoms with van der Waals surface area (Å²) < 4.78 is 4.86. The van der Waals surface area contributed by atoms with Crippen LogP contribution in [0.3, 0.4) is 0 Å². The Morgan fingerprint density at radius 3 is 1.36 bits per heavy atom. The summed E-state index contributed by atoms with van der Waals surface area (Å²) in [6, 6.07) is 73.9. The van der Waals surface area contributed by atoms with Crippen LogP contribution in [0.2, 0.25) is 0 Å². The first-order valence-corrected chi connectivity index (χ1v) is 19.7. The van der Waals surface area contributed by atoms with Gasteiger partial charge in [0.25, 0.3) is 0 Å². The highest BCUT2D eigenvalue weighted by Gasteiger charge is 2.19. The SMILES string of the molecule is c1ccc(-c2cc(-c3ccccc3)nc(-c3ccc4ccc(-n5c6ccccc6c6cc7c8ccccc8n(-c8ccc9ccccc9c8)c7cc65)cc4c3)n2)cc1. The van der Waals surface area contributed by atoms with E-state index in [2.05, 4.69) is 203 Å². The van der Waals surface area contributed by atoms with Gasteiger partial charge in [0.05, 0.1) is 33.5 Å². The average molecular weight is 739 g/mol. The normalized spacial score (nSPS) is 11.8. The van der Waals surface area contributed by atoms with Gasteiger partial charge in [-0.15, -0.1) is 0 Å². The maximum absolute atomic E-state index is 5.14. The third-order valence-corrected chi connectivity index (χ3v) is 11.7. The van der Waals surface area contributed by atoms with Gasteiger partial charge in [-0.3, -0.25) is 0 Å². The van der Waals surface area contributed by atoms with E-state index in [-0.39, 0.29) is 0 Å². The fourth-order valence-corrected chi connectivity index (χ4v) is 8.91. The van der Waals surface area contributed by atoms with Gasteiger partial charge in [0.2, 0.25) is 0 Å². The minimum atomic E-state index is 0.702. The van der Waals surface area contributed by atoms with Crippen LogP contribution in [0.15, 0.2) is 206 Å². The zero-order valence-corrected chi connectivity index (χ0v) is 31.4. The Morgan fingerprint density at radius 1 is 0.276 bits per heavy atom. The van der Waals surface area contributed by atoms with Crippen LogP contribution in [-0.4, -0.2) is 19.1 Å². The Hall–Kier alpha value is -7.82. The predicted octanol–water partition coefficient (Wildman–Crippen LogP) is 14.0. The van der Waals surface area contributed by atoms with Crippen molar-refractivity contribution < 1.29 is 0 Å². The third-order valence-electron chi connectivity index (χ3n) is 11.7. The third kappa shape index (κ3) is 5.16. The van der Waals surface area contributed by atoms with Crippen LogP contribution in [0.25, 0.3) is 110 Å². The standard InChI is InChI=1S/C54H34N4/c1-3-14-37(15-4-1)48-33-49(38-16-5-2-6-17-38)56-54(55-48)40-24-23-36-26-28-43(31-41(36)29-40)58-51-22-12-10-20-45(51)47-32-46-44-19-9-11-21-50(44)57(52(46)34-53(47)58)42-27-25-35-13-7-8-18-39(35)30-42/h1-34H. The summed E-state index contributed by atoms with van der Waals surface area (Å²) in [6.07, 6.45) is 0. The van der Waals surface area contributed by atoms with Crippen molar-refractivity contribution in [2.24, 2.45) is 0 Å². The Bertz CT molecular complexity index is 3500. The van der Waals surface area contributed by atoms with Gasteiger partial charge in [0.15, 0.2) is 5.82 Å². The van der Waals surface area contributed by atoms with Crippen molar-refractivity contribution in [3.63, 3.8) is 0 Å². The fourth-order valence-electron chi connectivity index (χ4n) is 8.91. The van der Waals surface area contributed by atoms with E-state index in [9.17, 15) is 0 Å². The molecule has 9 aromatic carbocycles. The molecule has 270 valence electrons. The van der Waals surface area contributed by atoms with Crippen molar-refractivity contribution >= 4 is 65.2 Å². The fraction of sp³-hybridized carbons (Fsp3) is 0. The van der Waals surface area contributed by atoms with Gasteiger partial charge in [0.1, 0.15) is 0 Å². The monoisotopic (exact) mass is 738 g/mol. The molecule has 58 heavy (non-hydrogen) atoms. The smallest absolute Gasteiger partial charge is 0.160 e. The van der Waals surface area contributed by atoms with Gasteiger partial charge < -0.3 is 9.13 Å². The molecule has 0 aliphatic carbocycles. The van der Waals surface area contributed by atoms with E-state index in [0.29, 0.717) is 5.82 Å². The molecule has 0 bridgehead atoms. The molecule has 0 saturated heterocycles. The molecule has 0 unspecified atom stereocenters. The van der Waals surface area contributed by atoms with E-state index in [4.69, 9.17) is 9.97 Å². The number of para-hydroxylation sites is 2. The number of rotatable bonds is 5. The number of hydrogen-bond donors (Lipinski definition) is 0. The molecule has 0 saturated carbocycles. The number of aromatic nitrogens is 4. The van der Waals surface area contributed by atoms with Gasteiger partial charge in [-0.25, -0.2) is 9.97 Å². The molecule has 3 aromatic heterocycles. The van der Waals surface area contributed by atoms with Crippen LogP contribution in [-0.2, 0) is 0 Å².